The number of nitrogens with zero attached hydrogens (tertiary/aromatic N) is 1. The molecule has 4 aliphatic rings. The molecule has 0 aliphatic heterocycles. The minimum absolute atomic E-state index is 0.115. The highest BCUT2D eigenvalue weighted by atomic mass is 16.4. The summed E-state index contributed by atoms with van der Waals surface area (Å²) in [6.07, 6.45) is 16.6. The van der Waals surface area contributed by atoms with Gasteiger partial charge in [-0.05, 0) is 110 Å². The van der Waals surface area contributed by atoms with Gasteiger partial charge in [0.15, 0.2) is 0 Å². The molecule has 30 heavy (non-hydrogen) atoms. The highest BCUT2D eigenvalue weighted by Crippen LogP contribution is 2.66. The van der Waals surface area contributed by atoms with E-state index in [1.54, 1.807) is 6.26 Å². The van der Waals surface area contributed by atoms with Crippen LogP contribution in [0.25, 0.3) is 6.08 Å². The maximum absolute atomic E-state index is 10.7. The quantitative estimate of drug-likeness (QED) is 0.461. The van der Waals surface area contributed by atoms with Crippen molar-refractivity contribution in [3.8, 4) is 0 Å². The van der Waals surface area contributed by atoms with Gasteiger partial charge < -0.3 is 14.7 Å². The van der Waals surface area contributed by atoms with E-state index in [1.165, 1.54) is 31.3 Å². The molecule has 4 fully saturated rings. The predicted molar refractivity (Wildman–Crippen MR) is 118 cm³/mol. The van der Waals surface area contributed by atoms with E-state index in [4.69, 9.17) is 4.42 Å². The second-order valence-electron chi connectivity index (χ2n) is 10.8. The first-order valence-corrected chi connectivity index (χ1v) is 11.8. The van der Waals surface area contributed by atoms with E-state index in [0.29, 0.717) is 17.8 Å². The molecule has 0 aromatic carbocycles. The lowest BCUT2D eigenvalue weighted by molar-refractivity contribution is -0.108. The van der Waals surface area contributed by atoms with Crippen LogP contribution in [0.4, 0.5) is 0 Å². The van der Waals surface area contributed by atoms with Crippen LogP contribution < -0.4 is 0 Å². The highest BCUT2D eigenvalue weighted by Gasteiger charge is 2.60. The van der Waals surface area contributed by atoms with E-state index in [9.17, 15) is 10.3 Å². The summed E-state index contributed by atoms with van der Waals surface area (Å²) >= 11 is 0. The molecule has 0 saturated heterocycles. The standard InChI is InChI=1S/C26H35NO3/c1-25-13-12-22-20(21(25)10-11-24(25)28)9-8-18-15-23(27-29)17(16-26(18,22)2)5-3-6-19-7-4-14-30-19/h3-7,14,18,20-22,24,28-29H,8-13,15-16H2,1-2H3/b6-3+,17-5-,27-23-/t18-,20?,21?,22?,24-,25-,26-/m0/s1. The molecule has 0 bridgehead atoms. The van der Waals surface area contributed by atoms with Gasteiger partial charge >= 0.3 is 0 Å². The van der Waals surface area contributed by atoms with Crippen molar-refractivity contribution in [1.82, 2.24) is 0 Å². The van der Waals surface area contributed by atoms with E-state index < -0.39 is 0 Å². The molecule has 162 valence electrons. The second kappa shape index (κ2) is 7.40. The Bertz CT molecular complexity index is 869. The van der Waals surface area contributed by atoms with Crippen molar-refractivity contribution in [3.63, 3.8) is 0 Å². The number of allylic oxidation sites excluding steroid dienone is 3. The van der Waals surface area contributed by atoms with Gasteiger partial charge in [0.05, 0.1) is 18.1 Å². The first-order chi connectivity index (χ1) is 14.5. The third-order valence-corrected chi connectivity index (χ3v) is 9.62. The lowest BCUT2D eigenvalue weighted by Crippen LogP contribution is -2.54. The molecule has 7 atom stereocenters. The molecule has 0 radical (unpaired) electrons. The molecule has 1 heterocycles. The van der Waals surface area contributed by atoms with Gasteiger partial charge in [-0.15, -0.1) is 0 Å². The monoisotopic (exact) mass is 409 g/mol. The van der Waals surface area contributed by atoms with Crippen LogP contribution in [0.5, 0.6) is 0 Å². The van der Waals surface area contributed by atoms with Crippen LogP contribution in [0.3, 0.4) is 0 Å². The summed E-state index contributed by atoms with van der Waals surface area (Å²) in [5.74, 6) is 3.53. The maximum atomic E-state index is 10.7. The molecule has 0 amide bonds. The summed E-state index contributed by atoms with van der Waals surface area (Å²) in [6, 6.07) is 3.83. The normalized spacial score (nSPS) is 46.2. The largest absolute Gasteiger partial charge is 0.465 e. The van der Waals surface area contributed by atoms with Crippen molar-refractivity contribution < 1.29 is 14.7 Å². The molecule has 4 heteroatoms. The van der Waals surface area contributed by atoms with Crippen molar-refractivity contribution in [2.24, 2.45) is 39.7 Å². The Kier molecular flexibility index (Phi) is 4.96. The van der Waals surface area contributed by atoms with Crippen LogP contribution >= 0.6 is 0 Å². The summed E-state index contributed by atoms with van der Waals surface area (Å²) in [5.41, 5.74) is 2.40. The van der Waals surface area contributed by atoms with Crippen LogP contribution in [0.1, 0.15) is 71.0 Å². The fraction of sp³-hybridized carbons (Fsp3) is 0.654. The van der Waals surface area contributed by atoms with Gasteiger partial charge in [0, 0.05) is 0 Å². The summed E-state index contributed by atoms with van der Waals surface area (Å²) in [7, 11) is 0. The number of aliphatic hydroxyl groups is 1. The first kappa shape index (κ1) is 20.1. The molecule has 4 aliphatic carbocycles. The number of fused-ring (bicyclic) bond motifs is 5. The molecular weight excluding hydrogens is 374 g/mol. The highest BCUT2D eigenvalue weighted by molar-refractivity contribution is 6.01. The molecule has 3 unspecified atom stereocenters. The average molecular weight is 410 g/mol. The Morgan fingerprint density at radius 3 is 2.70 bits per heavy atom. The zero-order valence-corrected chi connectivity index (χ0v) is 18.3. The Balaban J connectivity index is 1.42. The second-order valence-corrected chi connectivity index (χ2v) is 10.8. The Labute approximate surface area is 179 Å². The van der Waals surface area contributed by atoms with Crippen LogP contribution in [0.2, 0.25) is 0 Å². The SMILES string of the molecule is C[C@]12CCC3C(CC[C@H]4CC(=N/O)/C(=C\C=C\c5ccco5)C[C@]34C)C1CC[C@@H]2O. The third-order valence-electron chi connectivity index (χ3n) is 9.62. The fourth-order valence-electron chi connectivity index (χ4n) is 7.90. The zero-order chi connectivity index (χ0) is 20.9. The summed E-state index contributed by atoms with van der Waals surface area (Å²) in [6.45, 7) is 4.85. The number of rotatable bonds is 2. The Morgan fingerprint density at radius 1 is 1.10 bits per heavy atom. The fourth-order valence-corrected chi connectivity index (χ4v) is 7.90. The van der Waals surface area contributed by atoms with Crippen molar-refractivity contribution in [3.05, 3.63) is 41.9 Å². The van der Waals surface area contributed by atoms with Crippen molar-refractivity contribution >= 4 is 11.8 Å². The molecule has 0 spiro atoms. The third kappa shape index (κ3) is 3.02. The zero-order valence-electron chi connectivity index (χ0n) is 18.3. The average Bonchev–Trinajstić information content (AvgIpc) is 3.35. The Morgan fingerprint density at radius 2 is 1.93 bits per heavy atom. The minimum atomic E-state index is -0.115. The van der Waals surface area contributed by atoms with Crippen molar-refractivity contribution in [2.75, 3.05) is 0 Å². The summed E-state index contributed by atoms with van der Waals surface area (Å²) in [5, 5.41) is 24.1. The molecular formula is C26H35NO3. The van der Waals surface area contributed by atoms with Gasteiger partial charge in [0.25, 0.3) is 0 Å². The first-order valence-electron chi connectivity index (χ1n) is 11.8. The molecule has 1 aromatic rings. The van der Waals surface area contributed by atoms with Gasteiger partial charge in [0.2, 0.25) is 0 Å². The number of hydrogen-bond donors (Lipinski definition) is 2. The van der Waals surface area contributed by atoms with Crippen LogP contribution in [0.15, 0.2) is 45.7 Å². The Hall–Kier alpha value is -1.81. The maximum Gasteiger partial charge on any atom is 0.126 e. The topological polar surface area (TPSA) is 66.0 Å². The lowest BCUT2D eigenvalue weighted by Gasteiger charge is -2.60. The van der Waals surface area contributed by atoms with E-state index in [2.05, 4.69) is 25.1 Å². The summed E-state index contributed by atoms with van der Waals surface area (Å²) in [4.78, 5) is 0. The van der Waals surface area contributed by atoms with Gasteiger partial charge in [-0.2, -0.15) is 0 Å². The van der Waals surface area contributed by atoms with Crippen LogP contribution in [-0.4, -0.2) is 22.1 Å². The van der Waals surface area contributed by atoms with Gasteiger partial charge in [-0.25, -0.2) is 0 Å². The number of furan rings is 1. The van der Waals surface area contributed by atoms with Crippen LogP contribution in [-0.2, 0) is 0 Å². The van der Waals surface area contributed by atoms with Crippen LogP contribution in [0, 0.1) is 34.5 Å². The van der Waals surface area contributed by atoms with Crippen molar-refractivity contribution in [1.29, 1.82) is 0 Å². The van der Waals surface area contributed by atoms with Gasteiger partial charge in [-0.3, -0.25) is 0 Å². The van der Waals surface area contributed by atoms with E-state index in [0.717, 1.165) is 43.1 Å². The van der Waals surface area contributed by atoms with E-state index in [-0.39, 0.29) is 16.9 Å². The molecule has 1 aromatic heterocycles. The molecule has 4 nitrogen and oxygen atoms in total. The van der Waals surface area contributed by atoms with Gasteiger partial charge in [-0.1, -0.05) is 31.2 Å². The summed E-state index contributed by atoms with van der Waals surface area (Å²) < 4.78 is 5.39. The number of aliphatic hydroxyl groups excluding tert-OH is 1. The lowest BCUT2D eigenvalue weighted by atomic mass is 9.44. The molecule has 4 saturated carbocycles. The molecule has 2 N–H and O–H groups in total. The van der Waals surface area contributed by atoms with E-state index in [1.807, 2.05) is 24.3 Å². The minimum Gasteiger partial charge on any atom is -0.465 e. The van der Waals surface area contributed by atoms with E-state index >= 15 is 0 Å². The number of oxime groups is 1. The molecule has 5 rings (SSSR count). The van der Waals surface area contributed by atoms with Crippen molar-refractivity contribution in [2.45, 2.75) is 71.3 Å². The number of hydrogen-bond acceptors (Lipinski definition) is 4. The smallest absolute Gasteiger partial charge is 0.126 e. The van der Waals surface area contributed by atoms with Gasteiger partial charge in [0.1, 0.15) is 5.76 Å². The predicted octanol–water partition coefficient (Wildman–Crippen LogP) is 6.06.